The van der Waals surface area contributed by atoms with Crippen LogP contribution >= 0.6 is 34.7 Å². The summed E-state index contributed by atoms with van der Waals surface area (Å²) in [5.74, 6) is -0.111. The molecule has 0 aliphatic heterocycles. The summed E-state index contributed by atoms with van der Waals surface area (Å²) in [6.45, 7) is 0. The fraction of sp³-hybridized carbons (Fsp3) is 0.0556. The number of hydrogen-bond donors (Lipinski definition) is 1. The van der Waals surface area contributed by atoms with E-state index in [2.05, 4.69) is 15.5 Å². The lowest BCUT2D eigenvalue weighted by Crippen LogP contribution is -2.07. The third kappa shape index (κ3) is 5.39. The lowest BCUT2D eigenvalue weighted by atomic mass is 10.2. The summed E-state index contributed by atoms with van der Waals surface area (Å²) in [6.07, 6.45) is 3.06. The van der Waals surface area contributed by atoms with Gasteiger partial charge >= 0.3 is 0 Å². The minimum Gasteiger partial charge on any atom is -0.297 e. The molecule has 8 heteroatoms. The number of halogens is 2. The monoisotopic (exact) mass is 405 g/mol. The smallest absolute Gasteiger partial charge is 0.250 e. The molecule has 132 valence electrons. The van der Waals surface area contributed by atoms with E-state index in [1.54, 1.807) is 36.4 Å². The van der Waals surface area contributed by atoms with Crippen molar-refractivity contribution in [3.8, 4) is 0 Å². The van der Waals surface area contributed by atoms with Crippen molar-refractivity contribution >= 4 is 51.8 Å². The van der Waals surface area contributed by atoms with E-state index in [0.717, 1.165) is 5.56 Å². The van der Waals surface area contributed by atoms with Crippen LogP contribution in [-0.2, 0) is 10.5 Å². The standard InChI is InChI=1S/C18H13ClFN3OS2/c19-14-6-3-4-12(10-14)8-9-16(24)21-17-22-23-18(26-17)25-11-13-5-1-2-7-15(13)20/h1-10H,11H2,(H,21,22,24)/b9-8+. The molecular formula is C18H13ClFN3OS2. The van der Waals surface area contributed by atoms with Crippen LogP contribution in [0.5, 0.6) is 0 Å². The van der Waals surface area contributed by atoms with Gasteiger partial charge in [-0.3, -0.25) is 10.1 Å². The summed E-state index contributed by atoms with van der Waals surface area (Å²) in [6, 6.07) is 13.8. The second kappa shape index (κ2) is 8.93. The molecule has 0 aliphatic carbocycles. The molecule has 0 fully saturated rings. The summed E-state index contributed by atoms with van der Waals surface area (Å²) in [7, 11) is 0. The SMILES string of the molecule is O=C(/C=C/c1cccc(Cl)c1)Nc1nnc(SCc2ccccc2F)s1. The number of carbonyl (C=O) groups excluding carboxylic acids is 1. The predicted octanol–water partition coefficient (Wildman–Crippen LogP) is 5.27. The fourth-order valence-corrected chi connectivity index (χ4v) is 3.94. The van der Waals surface area contributed by atoms with Crippen molar-refractivity contribution in [3.05, 3.63) is 76.6 Å². The van der Waals surface area contributed by atoms with Gasteiger partial charge in [0.05, 0.1) is 0 Å². The summed E-state index contributed by atoms with van der Waals surface area (Å²) in [5.41, 5.74) is 1.42. The van der Waals surface area contributed by atoms with Gasteiger partial charge in [-0.15, -0.1) is 10.2 Å². The maximum Gasteiger partial charge on any atom is 0.250 e. The molecule has 2 aromatic carbocycles. The van der Waals surface area contributed by atoms with E-state index in [1.165, 1.54) is 35.2 Å². The Labute approximate surface area is 163 Å². The third-order valence-electron chi connectivity index (χ3n) is 3.22. The fourth-order valence-electron chi connectivity index (χ4n) is 2.00. The molecule has 1 heterocycles. The van der Waals surface area contributed by atoms with E-state index in [9.17, 15) is 9.18 Å². The van der Waals surface area contributed by atoms with E-state index < -0.39 is 0 Å². The van der Waals surface area contributed by atoms with Crippen LogP contribution in [0.3, 0.4) is 0 Å². The molecular weight excluding hydrogens is 393 g/mol. The number of carbonyl (C=O) groups is 1. The van der Waals surface area contributed by atoms with Gasteiger partial charge in [0.15, 0.2) is 4.34 Å². The molecule has 1 N–H and O–H groups in total. The van der Waals surface area contributed by atoms with E-state index in [-0.39, 0.29) is 11.7 Å². The molecule has 1 amide bonds. The van der Waals surface area contributed by atoms with Crippen LogP contribution in [0, 0.1) is 5.82 Å². The van der Waals surface area contributed by atoms with Crippen LogP contribution in [0.4, 0.5) is 9.52 Å². The van der Waals surface area contributed by atoms with Crippen molar-refractivity contribution in [2.45, 2.75) is 10.1 Å². The lowest BCUT2D eigenvalue weighted by Gasteiger charge is -1.99. The number of amides is 1. The van der Waals surface area contributed by atoms with Gasteiger partial charge in [-0.05, 0) is 35.4 Å². The normalized spacial score (nSPS) is 11.0. The summed E-state index contributed by atoms with van der Waals surface area (Å²) in [4.78, 5) is 12.0. The number of nitrogens with one attached hydrogen (secondary N) is 1. The van der Waals surface area contributed by atoms with Gasteiger partial charge in [0.25, 0.3) is 0 Å². The second-order valence-corrected chi connectivity index (χ2v) is 7.77. The molecule has 0 saturated carbocycles. The van der Waals surface area contributed by atoms with Gasteiger partial charge in [-0.2, -0.15) is 0 Å². The number of aromatic nitrogens is 2. The van der Waals surface area contributed by atoms with Gasteiger partial charge < -0.3 is 0 Å². The number of anilines is 1. The van der Waals surface area contributed by atoms with E-state index in [4.69, 9.17) is 11.6 Å². The van der Waals surface area contributed by atoms with Crippen molar-refractivity contribution in [1.29, 1.82) is 0 Å². The first-order valence-corrected chi connectivity index (χ1v) is 9.72. The van der Waals surface area contributed by atoms with E-state index in [0.29, 0.717) is 25.8 Å². The maximum atomic E-state index is 13.6. The van der Waals surface area contributed by atoms with Crippen molar-refractivity contribution in [1.82, 2.24) is 10.2 Å². The van der Waals surface area contributed by atoms with Crippen molar-refractivity contribution in [2.24, 2.45) is 0 Å². The Morgan fingerprint density at radius 3 is 2.88 bits per heavy atom. The minimum absolute atomic E-state index is 0.246. The molecule has 26 heavy (non-hydrogen) atoms. The number of rotatable bonds is 6. The lowest BCUT2D eigenvalue weighted by molar-refractivity contribution is -0.111. The number of hydrogen-bond acceptors (Lipinski definition) is 5. The average Bonchev–Trinajstić information content (AvgIpc) is 3.07. The molecule has 0 spiro atoms. The molecule has 0 saturated heterocycles. The second-order valence-electron chi connectivity index (χ2n) is 5.13. The first-order valence-electron chi connectivity index (χ1n) is 7.54. The summed E-state index contributed by atoms with van der Waals surface area (Å²) in [5, 5.41) is 11.6. The molecule has 3 rings (SSSR count). The van der Waals surface area contributed by atoms with Crippen LogP contribution in [0.1, 0.15) is 11.1 Å². The Bertz CT molecular complexity index is 945. The highest BCUT2D eigenvalue weighted by Crippen LogP contribution is 2.29. The first-order chi connectivity index (χ1) is 12.6. The molecule has 0 radical (unpaired) electrons. The quantitative estimate of drug-likeness (QED) is 0.344. The Kier molecular flexibility index (Phi) is 6.38. The van der Waals surface area contributed by atoms with Crippen LogP contribution in [0.2, 0.25) is 5.02 Å². The van der Waals surface area contributed by atoms with Gasteiger partial charge in [-0.1, -0.05) is 65.0 Å². The number of nitrogens with zero attached hydrogens (tertiary/aromatic N) is 2. The molecule has 0 atom stereocenters. The van der Waals surface area contributed by atoms with E-state index in [1.807, 2.05) is 12.1 Å². The molecule has 0 bridgehead atoms. The Morgan fingerprint density at radius 1 is 1.23 bits per heavy atom. The highest BCUT2D eigenvalue weighted by atomic mass is 35.5. The number of benzene rings is 2. The zero-order valence-corrected chi connectivity index (χ0v) is 15.7. The van der Waals surface area contributed by atoms with Crippen LogP contribution in [0.25, 0.3) is 6.08 Å². The average molecular weight is 406 g/mol. The minimum atomic E-state index is -0.313. The molecule has 4 nitrogen and oxygen atoms in total. The van der Waals surface area contributed by atoms with Crippen molar-refractivity contribution < 1.29 is 9.18 Å². The maximum absolute atomic E-state index is 13.6. The topological polar surface area (TPSA) is 54.9 Å². The van der Waals surface area contributed by atoms with Crippen molar-refractivity contribution in [2.75, 3.05) is 5.32 Å². The van der Waals surface area contributed by atoms with Gasteiger partial charge in [0, 0.05) is 16.9 Å². The molecule has 0 aliphatic rings. The largest absolute Gasteiger partial charge is 0.297 e. The van der Waals surface area contributed by atoms with Gasteiger partial charge in [0.2, 0.25) is 11.0 Å². The highest BCUT2D eigenvalue weighted by molar-refractivity contribution is 8.00. The van der Waals surface area contributed by atoms with Gasteiger partial charge in [-0.25, -0.2) is 4.39 Å². The zero-order valence-electron chi connectivity index (χ0n) is 13.4. The van der Waals surface area contributed by atoms with E-state index >= 15 is 0 Å². The third-order valence-corrected chi connectivity index (χ3v) is 5.48. The van der Waals surface area contributed by atoms with Crippen LogP contribution in [0.15, 0.2) is 58.9 Å². The highest BCUT2D eigenvalue weighted by Gasteiger charge is 2.08. The van der Waals surface area contributed by atoms with Gasteiger partial charge in [0.1, 0.15) is 5.82 Å². The Morgan fingerprint density at radius 2 is 2.08 bits per heavy atom. The molecule has 1 aromatic heterocycles. The molecule has 3 aromatic rings. The van der Waals surface area contributed by atoms with Crippen LogP contribution < -0.4 is 5.32 Å². The number of thioether (sulfide) groups is 1. The summed E-state index contributed by atoms with van der Waals surface area (Å²) >= 11 is 8.51. The first kappa shape index (κ1) is 18.6. The van der Waals surface area contributed by atoms with Crippen molar-refractivity contribution in [3.63, 3.8) is 0 Å². The predicted molar refractivity (Wildman–Crippen MR) is 105 cm³/mol. The Balaban J connectivity index is 1.54. The zero-order chi connectivity index (χ0) is 18.4. The Hall–Kier alpha value is -2.22. The molecule has 0 unspecified atom stereocenters. The summed E-state index contributed by atoms with van der Waals surface area (Å²) < 4.78 is 14.3. The van der Waals surface area contributed by atoms with Crippen LogP contribution in [-0.4, -0.2) is 16.1 Å².